The topological polar surface area (TPSA) is 43.4 Å². The molecule has 1 unspecified atom stereocenters. The molecule has 0 aromatic heterocycles. The number of hydrogen-bond acceptors (Lipinski definition) is 3. The van der Waals surface area contributed by atoms with E-state index in [0.29, 0.717) is 12.5 Å². The Labute approximate surface area is 101 Å². The van der Waals surface area contributed by atoms with Crippen molar-refractivity contribution in [1.29, 1.82) is 0 Å². The highest BCUT2D eigenvalue weighted by Gasteiger charge is 2.16. The first-order valence-electron chi connectivity index (χ1n) is 6.28. The molecule has 0 heterocycles. The lowest BCUT2D eigenvalue weighted by Crippen LogP contribution is -2.19. The second kappa shape index (κ2) is 8.07. The minimum Gasteiger partial charge on any atom is -0.270 e. The SMILES string of the molecule is CCCCC(CC)COS(=O)(=O)CC(C)C. The highest BCUT2D eigenvalue weighted by Crippen LogP contribution is 2.14. The maximum absolute atomic E-state index is 11.5. The van der Waals surface area contributed by atoms with E-state index < -0.39 is 10.1 Å². The highest BCUT2D eigenvalue weighted by atomic mass is 32.2. The van der Waals surface area contributed by atoms with Crippen LogP contribution >= 0.6 is 0 Å². The second-order valence-corrected chi connectivity index (χ2v) is 6.50. The second-order valence-electron chi connectivity index (χ2n) is 4.82. The summed E-state index contributed by atoms with van der Waals surface area (Å²) >= 11 is 0. The molecular formula is C12H26O3S. The van der Waals surface area contributed by atoms with Gasteiger partial charge < -0.3 is 0 Å². The molecule has 0 fully saturated rings. The molecule has 0 rings (SSSR count). The molecule has 0 radical (unpaired) electrons. The fraction of sp³-hybridized carbons (Fsp3) is 1.00. The van der Waals surface area contributed by atoms with Gasteiger partial charge in [-0.25, -0.2) is 0 Å². The summed E-state index contributed by atoms with van der Waals surface area (Å²) in [6, 6.07) is 0. The normalized spacial score (nSPS) is 14.3. The first kappa shape index (κ1) is 15.9. The molecule has 98 valence electrons. The van der Waals surface area contributed by atoms with Crippen LogP contribution < -0.4 is 0 Å². The minimum absolute atomic E-state index is 0.122. The summed E-state index contributed by atoms with van der Waals surface area (Å²) in [6.45, 7) is 8.35. The summed E-state index contributed by atoms with van der Waals surface area (Å²) in [5, 5.41) is 0. The Morgan fingerprint density at radius 1 is 1.19 bits per heavy atom. The quantitative estimate of drug-likeness (QED) is 0.590. The molecule has 0 aliphatic heterocycles. The van der Waals surface area contributed by atoms with Crippen molar-refractivity contribution in [2.24, 2.45) is 11.8 Å². The lowest BCUT2D eigenvalue weighted by Gasteiger charge is -2.15. The van der Waals surface area contributed by atoms with Crippen LogP contribution in [0.2, 0.25) is 0 Å². The van der Waals surface area contributed by atoms with Crippen LogP contribution in [-0.4, -0.2) is 20.8 Å². The van der Waals surface area contributed by atoms with Crippen molar-refractivity contribution < 1.29 is 12.6 Å². The van der Waals surface area contributed by atoms with Crippen molar-refractivity contribution in [3.05, 3.63) is 0 Å². The third-order valence-corrected chi connectivity index (χ3v) is 4.13. The lowest BCUT2D eigenvalue weighted by atomic mass is 10.0. The van der Waals surface area contributed by atoms with Crippen molar-refractivity contribution in [2.45, 2.75) is 53.4 Å². The van der Waals surface area contributed by atoms with E-state index in [9.17, 15) is 8.42 Å². The van der Waals surface area contributed by atoms with Gasteiger partial charge in [-0.2, -0.15) is 8.42 Å². The average molecular weight is 250 g/mol. The molecule has 0 aliphatic carbocycles. The molecule has 0 saturated heterocycles. The summed E-state index contributed by atoms with van der Waals surface area (Å²) < 4.78 is 28.1. The van der Waals surface area contributed by atoms with E-state index in [1.54, 1.807) is 0 Å². The van der Waals surface area contributed by atoms with E-state index in [0.717, 1.165) is 25.7 Å². The van der Waals surface area contributed by atoms with Gasteiger partial charge in [-0.15, -0.1) is 0 Å². The fourth-order valence-corrected chi connectivity index (χ4v) is 2.87. The van der Waals surface area contributed by atoms with E-state index in [1.807, 2.05) is 13.8 Å². The minimum atomic E-state index is -3.31. The van der Waals surface area contributed by atoms with Crippen LogP contribution in [0.1, 0.15) is 53.4 Å². The molecule has 0 bridgehead atoms. The van der Waals surface area contributed by atoms with Gasteiger partial charge in [0.1, 0.15) is 0 Å². The van der Waals surface area contributed by atoms with Gasteiger partial charge in [-0.3, -0.25) is 4.18 Å². The monoisotopic (exact) mass is 250 g/mol. The molecule has 0 aliphatic rings. The van der Waals surface area contributed by atoms with Gasteiger partial charge in [0.2, 0.25) is 0 Å². The molecule has 3 nitrogen and oxygen atoms in total. The first-order chi connectivity index (χ1) is 7.41. The predicted octanol–water partition coefficient (Wildman–Crippen LogP) is 3.21. The molecule has 0 amide bonds. The van der Waals surface area contributed by atoms with Gasteiger partial charge in [-0.05, 0) is 18.3 Å². The molecule has 4 heteroatoms. The Morgan fingerprint density at radius 2 is 1.81 bits per heavy atom. The third kappa shape index (κ3) is 8.11. The summed E-state index contributed by atoms with van der Waals surface area (Å²) in [5.41, 5.74) is 0. The van der Waals surface area contributed by atoms with Crippen molar-refractivity contribution >= 4 is 10.1 Å². The standard InChI is InChI=1S/C12H26O3S/c1-5-7-8-12(6-2)9-15-16(13,14)10-11(3)4/h11-12H,5-10H2,1-4H3. The zero-order valence-corrected chi connectivity index (χ0v) is 11.8. The van der Waals surface area contributed by atoms with Crippen LogP contribution in [0.5, 0.6) is 0 Å². The summed E-state index contributed by atoms with van der Waals surface area (Å²) in [5.74, 6) is 0.625. The van der Waals surface area contributed by atoms with Crippen LogP contribution in [-0.2, 0) is 14.3 Å². The Morgan fingerprint density at radius 3 is 2.25 bits per heavy atom. The number of rotatable bonds is 9. The molecular weight excluding hydrogens is 224 g/mol. The molecule has 1 atom stereocenters. The average Bonchev–Trinajstić information content (AvgIpc) is 2.16. The Bertz CT molecular complexity index is 257. The van der Waals surface area contributed by atoms with Crippen LogP contribution in [0, 0.1) is 11.8 Å². The first-order valence-corrected chi connectivity index (χ1v) is 7.86. The fourth-order valence-electron chi connectivity index (χ4n) is 1.55. The van der Waals surface area contributed by atoms with E-state index in [-0.39, 0.29) is 11.7 Å². The van der Waals surface area contributed by atoms with Crippen LogP contribution in [0.25, 0.3) is 0 Å². The molecule has 0 aromatic rings. The van der Waals surface area contributed by atoms with E-state index in [4.69, 9.17) is 4.18 Å². The smallest absolute Gasteiger partial charge is 0.267 e. The van der Waals surface area contributed by atoms with E-state index in [1.165, 1.54) is 0 Å². The van der Waals surface area contributed by atoms with Gasteiger partial charge in [0.05, 0.1) is 12.4 Å². The lowest BCUT2D eigenvalue weighted by molar-refractivity contribution is 0.237. The summed E-state index contributed by atoms with van der Waals surface area (Å²) in [4.78, 5) is 0. The summed E-state index contributed by atoms with van der Waals surface area (Å²) in [7, 11) is -3.31. The highest BCUT2D eigenvalue weighted by molar-refractivity contribution is 7.86. The van der Waals surface area contributed by atoms with Crippen molar-refractivity contribution in [2.75, 3.05) is 12.4 Å². The molecule has 0 spiro atoms. The maximum Gasteiger partial charge on any atom is 0.267 e. The van der Waals surface area contributed by atoms with Crippen molar-refractivity contribution in [3.8, 4) is 0 Å². The van der Waals surface area contributed by atoms with E-state index >= 15 is 0 Å². The molecule has 0 N–H and O–H groups in total. The zero-order chi connectivity index (χ0) is 12.6. The van der Waals surface area contributed by atoms with Crippen LogP contribution in [0.3, 0.4) is 0 Å². The summed E-state index contributed by atoms with van der Waals surface area (Å²) in [6.07, 6.45) is 4.34. The largest absolute Gasteiger partial charge is 0.270 e. The predicted molar refractivity (Wildman–Crippen MR) is 67.9 cm³/mol. The van der Waals surface area contributed by atoms with Gasteiger partial charge in [0.25, 0.3) is 10.1 Å². The molecule has 0 saturated carbocycles. The molecule has 16 heavy (non-hydrogen) atoms. The van der Waals surface area contributed by atoms with Crippen LogP contribution in [0.15, 0.2) is 0 Å². The number of unbranched alkanes of at least 4 members (excludes halogenated alkanes) is 1. The Kier molecular flexibility index (Phi) is 8.02. The van der Waals surface area contributed by atoms with Crippen LogP contribution in [0.4, 0.5) is 0 Å². The van der Waals surface area contributed by atoms with Gasteiger partial charge in [0.15, 0.2) is 0 Å². The van der Waals surface area contributed by atoms with Crippen molar-refractivity contribution in [1.82, 2.24) is 0 Å². The Hall–Kier alpha value is -0.0900. The third-order valence-electron chi connectivity index (χ3n) is 2.56. The van der Waals surface area contributed by atoms with Gasteiger partial charge in [-0.1, -0.05) is 47.0 Å². The Balaban J connectivity index is 4.00. The zero-order valence-electron chi connectivity index (χ0n) is 11.0. The van der Waals surface area contributed by atoms with Gasteiger partial charge >= 0.3 is 0 Å². The molecule has 0 aromatic carbocycles. The number of hydrogen-bond donors (Lipinski definition) is 0. The maximum atomic E-state index is 11.5. The van der Waals surface area contributed by atoms with Gasteiger partial charge in [0, 0.05) is 0 Å². The van der Waals surface area contributed by atoms with E-state index in [2.05, 4.69) is 13.8 Å². The van der Waals surface area contributed by atoms with Crippen molar-refractivity contribution in [3.63, 3.8) is 0 Å².